The third-order valence-electron chi connectivity index (χ3n) is 6.24. The zero-order valence-electron chi connectivity index (χ0n) is 18.6. The lowest BCUT2D eigenvalue weighted by molar-refractivity contribution is -0.148. The Hall–Kier alpha value is -1.96. The first kappa shape index (κ1) is 21.3. The minimum absolute atomic E-state index is 0.0822. The standard InChI is InChI=1S/C23H34N4O3/c1-15-14-26(9-5-10-29-4)20-12-19(25-16(2)22(15)20)17(3)27(18-6-7-18)23(28)21-13-24-8-11-30-21/h12,14,17-18,21,24H,5-11,13H2,1-4H3. The van der Waals surface area contributed by atoms with E-state index in [-0.39, 0.29) is 11.9 Å². The van der Waals surface area contributed by atoms with E-state index < -0.39 is 6.10 Å². The van der Waals surface area contributed by atoms with Gasteiger partial charge in [-0.3, -0.25) is 9.78 Å². The SMILES string of the molecule is COCCCn1cc(C)c2c(C)nc(C(C)N(C(=O)C3CNCCO3)C3CC3)cc21. The van der Waals surface area contributed by atoms with Crippen LogP contribution in [0.15, 0.2) is 12.3 Å². The number of aromatic nitrogens is 2. The Kier molecular flexibility index (Phi) is 6.41. The number of ether oxygens (including phenoxy) is 2. The molecule has 1 saturated heterocycles. The lowest BCUT2D eigenvalue weighted by Crippen LogP contribution is -2.50. The number of carbonyl (C=O) groups is 1. The summed E-state index contributed by atoms with van der Waals surface area (Å²) in [6, 6.07) is 2.39. The van der Waals surface area contributed by atoms with E-state index in [0.29, 0.717) is 19.2 Å². The van der Waals surface area contributed by atoms with Crippen molar-refractivity contribution in [3.63, 3.8) is 0 Å². The Morgan fingerprint density at radius 3 is 2.90 bits per heavy atom. The smallest absolute Gasteiger partial charge is 0.253 e. The van der Waals surface area contributed by atoms with Crippen LogP contribution in [0.2, 0.25) is 0 Å². The van der Waals surface area contributed by atoms with Gasteiger partial charge in [0.1, 0.15) is 6.10 Å². The molecule has 1 saturated carbocycles. The molecule has 0 aromatic carbocycles. The van der Waals surface area contributed by atoms with Gasteiger partial charge in [0, 0.05) is 56.7 Å². The van der Waals surface area contributed by atoms with Crippen LogP contribution in [0.3, 0.4) is 0 Å². The van der Waals surface area contributed by atoms with Crippen molar-refractivity contribution in [1.82, 2.24) is 19.8 Å². The second kappa shape index (κ2) is 9.04. The average Bonchev–Trinajstić information content (AvgIpc) is 3.52. The Labute approximate surface area is 178 Å². The Bertz CT molecular complexity index is 899. The maximum Gasteiger partial charge on any atom is 0.253 e. The predicted molar refractivity (Wildman–Crippen MR) is 117 cm³/mol. The molecule has 30 heavy (non-hydrogen) atoms. The van der Waals surface area contributed by atoms with Crippen LogP contribution in [0.5, 0.6) is 0 Å². The molecule has 3 heterocycles. The molecule has 0 radical (unpaired) electrons. The molecule has 2 unspecified atom stereocenters. The number of carbonyl (C=O) groups excluding carboxylic acids is 1. The number of nitrogens with zero attached hydrogens (tertiary/aromatic N) is 3. The number of amides is 1. The fourth-order valence-electron chi connectivity index (χ4n) is 4.61. The van der Waals surface area contributed by atoms with E-state index in [1.54, 1.807) is 7.11 Å². The van der Waals surface area contributed by atoms with E-state index >= 15 is 0 Å². The molecule has 2 atom stereocenters. The van der Waals surface area contributed by atoms with Gasteiger partial charge in [0.2, 0.25) is 0 Å². The van der Waals surface area contributed by atoms with Crippen molar-refractivity contribution >= 4 is 16.8 Å². The second-order valence-electron chi connectivity index (χ2n) is 8.59. The summed E-state index contributed by atoms with van der Waals surface area (Å²) < 4.78 is 13.3. The molecule has 2 aromatic rings. The fraction of sp³-hybridized carbons (Fsp3) is 0.652. The highest BCUT2D eigenvalue weighted by Gasteiger charge is 2.40. The van der Waals surface area contributed by atoms with Crippen molar-refractivity contribution in [3.05, 3.63) is 29.2 Å². The van der Waals surface area contributed by atoms with E-state index in [2.05, 4.69) is 42.9 Å². The number of rotatable bonds is 8. The molecule has 1 aliphatic carbocycles. The molecule has 164 valence electrons. The van der Waals surface area contributed by atoms with Crippen LogP contribution in [-0.2, 0) is 20.8 Å². The first-order valence-corrected chi connectivity index (χ1v) is 11.1. The van der Waals surface area contributed by atoms with Crippen molar-refractivity contribution in [1.29, 1.82) is 0 Å². The van der Waals surface area contributed by atoms with Gasteiger partial charge in [-0.15, -0.1) is 0 Å². The molecule has 7 nitrogen and oxygen atoms in total. The number of methoxy groups -OCH3 is 1. The Balaban J connectivity index is 1.64. The van der Waals surface area contributed by atoms with Crippen LogP contribution in [-0.4, -0.2) is 65.9 Å². The summed E-state index contributed by atoms with van der Waals surface area (Å²) in [6.07, 6.45) is 4.89. The van der Waals surface area contributed by atoms with Crippen molar-refractivity contribution in [2.75, 3.05) is 33.4 Å². The van der Waals surface area contributed by atoms with Crippen LogP contribution in [0.25, 0.3) is 10.9 Å². The molecule has 1 amide bonds. The predicted octanol–water partition coefficient (Wildman–Crippen LogP) is 2.73. The lowest BCUT2D eigenvalue weighted by atomic mass is 10.1. The number of fused-ring (bicyclic) bond motifs is 1. The Morgan fingerprint density at radius 1 is 1.43 bits per heavy atom. The maximum absolute atomic E-state index is 13.3. The van der Waals surface area contributed by atoms with E-state index in [1.807, 2.05) is 4.90 Å². The minimum atomic E-state index is -0.397. The molecule has 7 heteroatoms. The van der Waals surface area contributed by atoms with Gasteiger partial charge in [-0.25, -0.2) is 0 Å². The highest BCUT2D eigenvalue weighted by atomic mass is 16.5. The van der Waals surface area contributed by atoms with Crippen LogP contribution in [0.4, 0.5) is 0 Å². The summed E-state index contributed by atoms with van der Waals surface area (Å²) in [7, 11) is 1.74. The largest absolute Gasteiger partial charge is 0.385 e. The summed E-state index contributed by atoms with van der Waals surface area (Å²) in [6.45, 7) is 9.93. The third-order valence-corrected chi connectivity index (χ3v) is 6.24. The topological polar surface area (TPSA) is 68.6 Å². The van der Waals surface area contributed by atoms with Gasteiger partial charge in [-0.2, -0.15) is 0 Å². The molecule has 4 rings (SSSR count). The average molecular weight is 415 g/mol. The van der Waals surface area contributed by atoms with Crippen LogP contribution in [0, 0.1) is 13.8 Å². The number of morpholine rings is 1. The van der Waals surface area contributed by atoms with Gasteiger partial charge in [0.25, 0.3) is 5.91 Å². The molecule has 1 aliphatic heterocycles. The van der Waals surface area contributed by atoms with Gasteiger partial charge in [-0.1, -0.05) is 0 Å². The summed E-state index contributed by atoms with van der Waals surface area (Å²) >= 11 is 0. The van der Waals surface area contributed by atoms with Gasteiger partial charge in [0.15, 0.2) is 0 Å². The molecule has 2 fully saturated rings. The summed E-state index contributed by atoms with van der Waals surface area (Å²) in [5.74, 6) is 0.0865. The minimum Gasteiger partial charge on any atom is -0.385 e. The van der Waals surface area contributed by atoms with Gasteiger partial charge in [-0.05, 0) is 51.7 Å². The lowest BCUT2D eigenvalue weighted by Gasteiger charge is -2.34. The number of pyridine rings is 1. The number of nitrogens with one attached hydrogen (secondary N) is 1. The Morgan fingerprint density at radius 2 is 2.23 bits per heavy atom. The summed E-state index contributed by atoms with van der Waals surface area (Å²) in [5, 5.41) is 4.49. The summed E-state index contributed by atoms with van der Waals surface area (Å²) in [4.78, 5) is 20.3. The molecular formula is C23H34N4O3. The molecule has 1 N–H and O–H groups in total. The summed E-state index contributed by atoms with van der Waals surface area (Å²) in [5.41, 5.74) is 4.41. The van der Waals surface area contributed by atoms with E-state index in [0.717, 1.165) is 50.3 Å². The zero-order chi connectivity index (χ0) is 21.3. The van der Waals surface area contributed by atoms with E-state index in [9.17, 15) is 4.79 Å². The highest BCUT2D eigenvalue weighted by molar-refractivity contribution is 5.87. The van der Waals surface area contributed by atoms with Crippen LogP contribution < -0.4 is 5.32 Å². The van der Waals surface area contributed by atoms with Crippen molar-refractivity contribution in [2.24, 2.45) is 0 Å². The van der Waals surface area contributed by atoms with Crippen molar-refractivity contribution in [2.45, 2.75) is 64.8 Å². The normalized spacial score (nSPS) is 20.5. The molecule has 2 aliphatic rings. The van der Waals surface area contributed by atoms with Gasteiger partial charge >= 0.3 is 0 Å². The first-order valence-electron chi connectivity index (χ1n) is 11.1. The first-order chi connectivity index (χ1) is 14.5. The second-order valence-corrected chi connectivity index (χ2v) is 8.59. The quantitative estimate of drug-likeness (QED) is 0.673. The van der Waals surface area contributed by atoms with Crippen LogP contribution in [0.1, 0.15) is 49.2 Å². The zero-order valence-corrected chi connectivity index (χ0v) is 18.6. The van der Waals surface area contributed by atoms with Crippen molar-refractivity contribution in [3.8, 4) is 0 Å². The van der Waals surface area contributed by atoms with Gasteiger partial charge in [0.05, 0.1) is 23.9 Å². The molecule has 0 bridgehead atoms. The fourth-order valence-corrected chi connectivity index (χ4v) is 4.61. The third kappa shape index (κ3) is 4.24. The van der Waals surface area contributed by atoms with E-state index in [1.165, 1.54) is 16.5 Å². The van der Waals surface area contributed by atoms with Gasteiger partial charge < -0.3 is 24.3 Å². The number of aryl methyl sites for hydroxylation is 3. The van der Waals surface area contributed by atoms with E-state index in [4.69, 9.17) is 14.5 Å². The highest BCUT2D eigenvalue weighted by Crippen LogP contribution is 2.36. The molecule has 0 spiro atoms. The number of hydrogen-bond donors (Lipinski definition) is 1. The monoisotopic (exact) mass is 414 g/mol. The van der Waals surface area contributed by atoms with Crippen molar-refractivity contribution < 1.29 is 14.3 Å². The maximum atomic E-state index is 13.3. The van der Waals surface area contributed by atoms with Crippen LogP contribution >= 0.6 is 0 Å². The molecule has 2 aromatic heterocycles. The molecular weight excluding hydrogens is 380 g/mol. The number of hydrogen-bond acceptors (Lipinski definition) is 5.